The Bertz CT molecular complexity index is 1160. The molecule has 1 aliphatic rings. The van der Waals surface area contributed by atoms with E-state index in [1.54, 1.807) is 14.3 Å². The molecule has 1 fully saturated rings. The summed E-state index contributed by atoms with van der Waals surface area (Å²) in [6, 6.07) is 9.23. The number of para-hydroxylation sites is 1. The van der Waals surface area contributed by atoms with Crippen LogP contribution in [0, 0.1) is 13.8 Å². The first-order valence-corrected chi connectivity index (χ1v) is 12.7. The number of hydrogen-bond acceptors (Lipinski definition) is 6. The molecule has 0 saturated carbocycles. The van der Waals surface area contributed by atoms with Crippen molar-refractivity contribution in [2.75, 3.05) is 37.2 Å². The fourth-order valence-electron chi connectivity index (χ4n) is 4.07. The normalized spacial score (nSPS) is 14.0. The van der Waals surface area contributed by atoms with Crippen molar-refractivity contribution in [2.24, 2.45) is 0 Å². The fourth-order valence-corrected chi connectivity index (χ4v) is 4.79. The summed E-state index contributed by atoms with van der Waals surface area (Å²) in [6.45, 7) is 8.28. The number of unbranched alkanes of at least 4 members (excludes halogenated alkanes) is 1. The van der Waals surface area contributed by atoms with Crippen LogP contribution in [0.25, 0.3) is 5.78 Å². The van der Waals surface area contributed by atoms with Crippen molar-refractivity contribution in [1.82, 2.24) is 29.4 Å². The van der Waals surface area contributed by atoms with Gasteiger partial charge in [-0.15, -0.1) is 5.10 Å². The number of amides is 3. The van der Waals surface area contributed by atoms with Crippen LogP contribution in [0.15, 0.2) is 35.5 Å². The molecule has 0 aliphatic carbocycles. The number of aromatic nitrogens is 4. The zero-order valence-electron chi connectivity index (χ0n) is 20.0. The lowest BCUT2D eigenvalue weighted by Crippen LogP contribution is -2.52. The number of benzene rings is 1. The summed E-state index contributed by atoms with van der Waals surface area (Å²) in [7, 11) is 0. The van der Waals surface area contributed by atoms with Crippen molar-refractivity contribution < 1.29 is 9.59 Å². The van der Waals surface area contributed by atoms with Crippen LogP contribution in [0.3, 0.4) is 0 Å². The van der Waals surface area contributed by atoms with Gasteiger partial charge >= 0.3 is 6.03 Å². The monoisotopic (exact) mass is 481 g/mol. The zero-order chi connectivity index (χ0) is 24.1. The molecule has 34 heavy (non-hydrogen) atoms. The minimum Gasteiger partial charge on any atom is -0.338 e. The summed E-state index contributed by atoms with van der Waals surface area (Å²) < 4.78 is 1.79. The van der Waals surface area contributed by atoms with Crippen molar-refractivity contribution in [3.8, 4) is 0 Å². The summed E-state index contributed by atoms with van der Waals surface area (Å²) in [4.78, 5) is 37.9. The number of rotatable bonds is 7. The molecule has 180 valence electrons. The van der Waals surface area contributed by atoms with Crippen molar-refractivity contribution in [1.29, 1.82) is 0 Å². The van der Waals surface area contributed by atoms with Crippen molar-refractivity contribution in [2.45, 2.75) is 45.2 Å². The van der Waals surface area contributed by atoms with Crippen LogP contribution >= 0.6 is 11.8 Å². The van der Waals surface area contributed by atoms with Gasteiger partial charge in [0.15, 0.2) is 0 Å². The maximum Gasteiger partial charge on any atom is 0.321 e. The van der Waals surface area contributed by atoms with Crippen molar-refractivity contribution >= 4 is 35.2 Å². The van der Waals surface area contributed by atoms with Crippen LogP contribution in [0.4, 0.5) is 10.5 Å². The van der Waals surface area contributed by atoms with Gasteiger partial charge in [0.05, 0.1) is 5.75 Å². The summed E-state index contributed by atoms with van der Waals surface area (Å²) in [5.41, 5.74) is 4.04. The molecule has 1 saturated heterocycles. The van der Waals surface area contributed by atoms with E-state index in [4.69, 9.17) is 0 Å². The largest absolute Gasteiger partial charge is 0.338 e. The molecule has 0 bridgehead atoms. The van der Waals surface area contributed by atoms with Gasteiger partial charge in [-0.25, -0.2) is 14.3 Å². The van der Waals surface area contributed by atoms with Crippen LogP contribution in [-0.4, -0.2) is 73.3 Å². The number of nitrogens with zero attached hydrogens (tertiary/aromatic N) is 6. The Morgan fingerprint density at radius 1 is 1.03 bits per heavy atom. The topological polar surface area (TPSA) is 95.7 Å². The Balaban J connectivity index is 1.30. The SMILES string of the molecule is CCCCc1c(C)nc2nc(SCC(=O)N3CCN(C(=O)Nc4ccccc4)CC3)nn2c1C. The second-order valence-corrected chi connectivity index (χ2v) is 9.37. The number of nitrogens with one attached hydrogen (secondary N) is 1. The molecule has 3 heterocycles. The predicted octanol–water partition coefficient (Wildman–Crippen LogP) is 3.55. The third-order valence-electron chi connectivity index (χ3n) is 6.08. The lowest BCUT2D eigenvalue weighted by atomic mass is 10.1. The van der Waals surface area contributed by atoms with E-state index in [0.29, 0.717) is 37.1 Å². The molecule has 3 aromatic rings. The Kier molecular flexibility index (Phi) is 7.66. The minimum atomic E-state index is -0.141. The quantitative estimate of drug-likeness (QED) is 0.519. The second-order valence-electron chi connectivity index (χ2n) is 8.42. The van der Waals surface area contributed by atoms with Crippen LogP contribution in [-0.2, 0) is 11.2 Å². The van der Waals surface area contributed by atoms with E-state index in [2.05, 4.69) is 27.3 Å². The molecule has 4 rings (SSSR count). The smallest absolute Gasteiger partial charge is 0.321 e. The van der Waals surface area contributed by atoms with E-state index < -0.39 is 0 Å². The number of aryl methyl sites for hydroxylation is 2. The first-order chi connectivity index (χ1) is 16.5. The number of urea groups is 1. The number of piperazine rings is 1. The van der Waals surface area contributed by atoms with Crippen LogP contribution < -0.4 is 5.32 Å². The molecule has 1 aromatic carbocycles. The molecule has 3 amide bonds. The highest BCUT2D eigenvalue weighted by molar-refractivity contribution is 7.99. The number of thioether (sulfide) groups is 1. The van der Waals surface area contributed by atoms with E-state index in [1.807, 2.05) is 44.2 Å². The summed E-state index contributed by atoms with van der Waals surface area (Å²) in [5, 5.41) is 8.03. The number of fused-ring (bicyclic) bond motifs is 1. The number of anilines is 1. The van der Waals surface area contributed by atoms with E-state index in [-0.39, 0.29) is 17.7 Å². The maximum atomic E-state index is 12.8. The van der Waals surface area contributed by atoms with Gasteiger partial charge in [-0.05, 0) is 44.4 Å². The number of carbonyl (C=O) groups excluding carboxylic acids is 2. The number of hydrogen-bond donors (Lipinski definition) is 1. The van der Waals surface area contributed by atoms with Gasteiger partial charge in [0.2, 0.25) is 11.1 Å². The highest BCUT2D eigenvalue weighted by Gasteiger charge is 2.24. The van der Waals surface area contributed by atoms with E-state index in [0.717, 1.165) is 36.3 Å². The minimum absolute atomic E-state index is 0.0245. The van der Waals surface area contributed by atoms with Gasteiger partial charge in [0, 0.05) is 43.3 Å². The van der Waals surface area contributed by atoms with Crippen molar-refractivity contribution in [3.63, 3.8) is 0 Å². The predicted molar refractivity (Wildman–Crippen MR) is 133 cm³/mol. The third-order valence-corrected chi connectivity index (χ3v) is 6.90. The van der Waals surface area contributed by atoms with Gasteiger partial charge in [0.1, 0.15) is 0 Å². The Morgan fingerprint density at radius 3 is 2.44 bits per heavy atom. The highest BCUT2D eigenvalue weighted by atomic mass is 32.2. The first-order valence-electron chi connectivity index (χ1n) is 11.7. The first kappa shape index (κ1) is 24.0. The average Bonchev–Trinajstić information content (AvgIpc) is 3.26. The van der Waals surface area contributed by atoms with Crippen LogP contribution in [0.5, 0.6) is 0 Å². The zero-order valence-corrected chi connectivity index (χ0v) is 20.8. The summed E-state index contributed by atoms with van der Waals surface area (Å²) in [6.07, 6.45) is 3.22. The van der Waals surface area contributed by atoms with E-state index >= 15 is 0 Å². The van der Waals surface area contributed by atoms with Crippen LogP contribution in [0.1, 0.15) is 36.7 Å². The summed E-state index contributed by atoms with van der Waals surface area (Å²) in [5.74, 6) is 0.855. The average molecular weight is 482 g/mol. The molecule has 0 spiro atoms. The molecule has 9 nitrogen and oxygen atoms in total. The lowest BCUT2D eigenvalue weighted by molar-refractivity contribution is -0.129. The van der Waals surface area contributed by atoms with Crippen molar-refractivity contribution in [3.05, 3.63) is 47.3 Å². The Labute approximate surface area is 203 Å². The molecular weight excluding hydrogens is 450 g/mol. The molecule has 1 N–H and O–H groups in total. The third kappa shape index (κ3) is 5.49. The fraction of sp³-hybridized carbons (Fsp3) is 0.458. The standard InChI is InChI=1S/C24H31N7O2S/c1-4-5-11-20-17(2)25-22-27-23(28-31(22)18(20)3)34-16-21(32)29-12-14-30(15-13-29)24(33)26-19-9-7-6-8-10-19/h6-10H,4-5,11-16H2,1-3H3,(H,26,33). The van der Waals surface area contributed by atoms with Gasteiger partial charge in [-0.2, -0.15) is 4.98 Å². The molecule has 0 atom stereocenters. The lowest BCUT2D eigenvalue weighted by Gasteiger charge is -2.34. The van der Waals surface area contributed by atoms with Gasteiger partial charge < -0.3 is 15.1 Å². The molecule has 2 aromatic heterocycles. The van der Waals surface area contributed by atoms with Gasteiger partial charge in [-0.3, -0.25) is 4.79 Å². The second kappa shape index (κ2) is 10.9. The molecule has 0 radical (unpaired) electrons. The highest BCUT2D eigenvalue weighted by Crippen LogP contribution is 2.20. The molecular formula is C24H31N7O2S. The maximum absolute atomic E-state index is 12.8. The molecule has 0 unspecified atom stereocenters. The summed E-state index contributed by atoms with van der Waals surface area (Å²) >= 11 is 1.33. The Morgan fingerprint density at radius 2 is 1.74 bits per heavy atom. The van der Waals surface area contributed by atoms with Crippen LogP contribution in [0.2, 0.25) is 0 Å². The van der Waals surface area contributed by atoms with E-state index in [9.17, 15) is 9.59 Å². The van der Waals surface area contributed by atoms with Gasteiger partial charge in [-0.1, -0.05) is 43.3 Å². The number of carbonyl (C=O) groups is 2. The molecule has 1 aliphatic heterocycles. The van der Waals surface area contributed by atoms with Gasteiger partial charge in [0.25, 0.3) is 5.78 Å². The van der Waals surface area contributed by atoms with E-state index in [1.165, 1.54) is 17.3 Å². The Hall–Kier alpha value is -3.14. The molecule has 10 heteroatoms.